The van der Waals surface area contributed by atoms with Gasteiger partial charge in [-0.2, -0.15) is 4.98 Å². The van der Waals surface area contributed by atoms with Crippen LogP contribution in [0.15, 0.2) is 28.7 Å². The summed E-state index contributed by atoms with van der Waals surface area (Å²) in [5.41, 5.74) is 1.71. The Balaban J connectivity index is 1.61. The van der Waals surface area contributed by atoms with Gasteiger partial charge in [0, 0.05) is 32.1 Å². The molecule has 130 valence electrons. The molecule has 2 aromatic rings. The molecule has 0 bridgehead atoms. The van der Waals surface area contributed by atoms with Crippen molar-refractivity contribution in [2.45, 2.75) is 39.5 Å². The molecule has 1 aromatic heterocycles. The minimum Gasteiger partial charge on any atom is -0.423 e. The Hall–Kier alpha value is -2.04. The Morgan fingerprint density at radius 1 is 1.21 bits per heavy atom. The van der Waals surface area contributed by atoms with E-state index in [1.807, 2.05) is 29.2 Å². The average Bonchev–Trinajstić information content (AvgIpc) is 3.05. The standard InChI is InChI=1S/C19H27N3O2/c1-3-11-21(12-4-2)18(23)15-9-13-22(14-10-15)19-20-16-7-5-6-8-17(16)24-19/h5-8,15H,3-4,9-14H2,1-2H3. The zero-order valence-corrected chi connectivity index (χ0v) is 14.7. The lowest BCUT2D eigenvalue weighted by molar-refractivity contribution is -0.136. The van der Waals surface area contributed by atoms with E-state index in [0.717, 1.165) is 63.0 Å². The largest absolute Gasteiger partial charge is 0.423 e. The first-order chi connectivity index (χ1) is 11.7. The third-order valence-electron chi connectivity index (χ3n) is 4.70. The van der Waals surface area contributed by atoms with E-state index >= 15 is 0 Å². The Labute approximate surface area is 143 Å². The third-order valence-corrected chi connectivity index (χ3v) is 4.70. The van der Waals surface area contributed by atoms with Gasteiger partial charge in [0.15, 0.2) is 5.58 Å². The number of carbonyl (C=O) groups excluding carboxylic acids is 1. The van der Waals surface area contributed by atoms with Gasteiger partial charge in [-0.25, -0.2) is 0 Å². The zero-order valence-electron chi connectivity index (χ0n) is 14.7. The molecule has 1 fully saturated rings. The maximum absolute atomic E-state index is 12.7. The van der Waals surface area contributed by atoms with Gasteiger partial charge in [0.05, 0.1) is 0 Å². The van der Waals surface area contributed by atoms with Crippen molar-refractivity contribution in [3.8, 4) is 0 Å². The number of rotatable bonds is 6. The van der Waals surface area contributed by atoms with Gasteiger partial charge in [0.1, 0.15) is 5.52 Å². The Kier molecular flexibility index (Phi) is 5.38. The van der Waals surface area contributed by atoms with Crippen LogP contribution in [-0.2, 0) is 4.79 Å². The van der Waals surface area contributed by atoms with E-state index < -0.39 is 0 Å². The summed E-state index contributed by atoms with van der Waals surface area (Å²) in [5, 5.41) is 0. The quantitative estimate of drug-likeness (QED) is 0.811. The molecule has 3 rings (SSSR count). The number of anilines is 1. The van der Waals surface area contributed by atoms with Crippen LogP contribution in [0.25, 0.3) is 11.1 Å². The SMILES string of the molecule is CCCN(CCC)C(=O)C1CCN(c2nc3ccccc3o2)CC1. The molecular weight excluding hydrogens is 302 g/mol. The second-order valence-corrected chi connectivity index (χ2v) is 6.55. The molecule has 1 aromatic carbocycles. The monoisotopic (exact) mass is 329 g/mol. The molecule has 0 spiro atoms. The van der Waals surface area contributed by atoms with Gasteiger partial charge in [-0.15, -0.1) is 0 Å². The highest BCUT2D eigenvalue weighted by Gasteiger charge is 2.29. The number of hydrogen-bond acceptors (Lipinski definition) is 4. The van der Waals surface area contributed by atoms with Gasteiger partial charge in [-0.1, -0.05) is 26.0 Å². The normalized spacial score (nSPS) is 15.8. The molecular formula is C19H27N3O2. The fourth-order valence-electron chi connectivity index (χ4n) is 3.44. The van der Waals surface area contributed by atoms with Crippen LogP contribution in [0, 0.1) is 5.92 Å². The van der Waals surface area contributed by atoms with Crippen LogP contribution in [0.1, 0.15) is 39.5 Å². The second-order valence-electron chi connectivity index (χ2n) is 6.55. The lowest BCUT2D eigenvalue weighted by Crippen LogP contribution is -2.43. The topological polar surface area (TPSA) is 49.6 Å². The molecule has 0 unspecified atom stereocenters. The minimum absolute atomic E-state index is 0.142. The smallest absolute Gasteiger partial charge is 0.298 e. The first-order valence-corrected chi connectivity index (χ1v) is 9.12. The molecule has 0 N–H and O–H groups in total. The maximum Gasteiger partial charge on any atom is 0.298 e. The van der Waals surface area contributed by atoms with Gasteiger partial charge in [0.25, 0.3) is 6.01 Å². The molecule has 1 aliphatic rings. The van der Waals surface area contributed by atoms with E-state index in [-0.39, 0.29) is 5.92 Å². The van der Waals surface area contributed by atoms with E-state index in [1.165, 1.54) is 0 Å². The van der Waals surface area contributed by atoms with Crippen LogP contribution in [0.5, 0.6) is 0 Å². The molecule has 1 amide bonds. The van der Waals surface area contributed by atoms with Crippen molar-refractivity contribution in [1.82, 2.24) is 9.88 Å². The number of fused-ring (bicyclic) bond motifs is 1. The first kappa shape index (κ1) is 16.8. The number of carbonyl (C=O) groups is 1. The summed E-state index contributed by atoms with van der Waals surface area (Å²) in [6, 6.07) is 8.51. The van der Waals surface area contributed by atoms with Crippen LogP contribution >= 0.6 is 0 Å². The second kappa shape index (κ2) is 7.69. The molecule has 0 atom stereocenters. The van der Waals surface area contributed by atoms with Crippen molar-refractivity contribution in [2.75, 3.05) is 31.1 Å². The molecule has 0 radical (unpaired) electrons. The van der Waals surface area contributed by atoms with Crippen molar-refractivity contribution < 1.29 is 9.21 Å². The van der Waals surface area contributed by atoms with E-state index in [0.29, 0.717) is 11.9 Å². The zero-order chi connectivity index (χ0) is 16.9. The number of oxazole rings is 1. The van der Waals surface area contributed by atoms with Crippen molar-refractivity contribution in [3.63, 3.8) is 0 Å². The number of para-hydroxylation sites is 2. The van der Waals surface area contributed by atoms with Crippen molar-refractivity contribution in [1.29, 1.82) is 0 Å². The van der Waals surface area contributed by atoms with Crippen LogP contribution in [-0.4, -0.2) is 42.0 Å². The maximum atomic E-state index is 12.7. The summed E-state index contributed by atoms with van der Waals surface area (Å²) in [6.45, 7) is 7.66. The van der Waals surface area contributed by atoms with Crippen molar-refractivity contribution >= 4 is 23.0 Å². The van der Waals surface area contributed by atoms with Gasteiger partial charge in [0.2, 0.25) is 5.91 Å². The fourth-order valence-corrected chi connectivity index (χ4v) is 3.44. The van der Waals surface area contributed by atoms with E-state index in [1.54, 1.807) is 0 Å². The Morgan fingerprint density at radius 2 is 1.88 bits per heavy atom. The summed E-state index contributed by atoms with van der Waals surface area (Å²) in [4.78, 5) is 21.5. The van der Waals surface area contributed by atoms with Crippen LogP contribution in [0.2, 0.25) is 0 Å². The molecule has 2 heterocycles. The average molecular weight is 329 g/mol. The van der Waals surface area contributed by atoms with Crippen molar-refractivity contribution in [3.05, 3.63) is 24.3 Å². The molecule has 24 heavy (non-hydrogen) atoms. The number of benzene rings is 1. The van der Waals surface area contributed by atoms with Gasteiger partial charge >= 0.3 is 0 Å². The predicted molar refractivity (Wildman–Crippen MR) is 96.1 cm³/mol. The molecule has 5 nitrogen and oxygen atoms in total. The Bertz CT molecular complexity index is 635. The molecule has 1 saturated heterocycles. The Morgan fingerprint density at radius 3 is 2.50 bits per heavy atom. The third kappa shape index (κ3) is 3.55. The summed E-state index contributed by atoms with van der Waals surface area (Å²) >= 11 is 0. The molecule has 5 heteroatoms. The molecule has 0 aliphatic carbocycles. The summed E-state index contributed by atoms with van der Waals surface area (Å²) < 4.78 is 5.85. The lowest BCUT2D eigenvalue weighted by atomic mass is 9.95. The molecule has 1 aliphatic heterocycles. The summed E-state index contributed by atoms with van der Waals surface area (Å²) in [7, 11) is 0. The first-order valence-electron chi connectivity index (χ1n) is 9.12. The van der Waals surface area contributed by atoms with E-state index in [9.17, 15) is 4.79 Å². The van der Waals surface area contributed by atoms with E-state index in [2.05, 4.69) is 23.7 Å². The van der Waals surface area contributed by atoms with Gasteiger partial charge in [-0.05, 0) is 37.8 Å². The number of amides is 1. The number of nitrogens with zero attached hydrogens (tertiary/aromatic N) is 3. The minimum atomic E-state index is 0.142. The van der Waals surface area contributed by atoms with Crippen molar-refractivity contribution in [2.24, 2.45) is 5.92 Å². The highest BCUT2D eigenvalue weighted by atomic mass is 16.4. The van der Waals surface area contributed by atoms with Crippen LogP contribution in [0.3, 0.4) is 0 Å². The highest BCUT2D eigenvalue weighted by Crippen LogP contribution is 2.27. The highest BCUT2D eigenvalue weighted by molar-refractivity contribution is 5.79. The van der Waals surface area contributed by atoms with Gasteiger partial charge < -0.3 is 14.2 Å². The van der Waals surface area contributed by atoms with Crippen LogP contribution < -0.4 is 4.90 Å². The van der Waals surface area contributed by atoms with E-state index in [4.69, 9.17) is 4.42 Å². The number of aromatic nitrogens is 1. The predicted octanol–water partition coefficient (Wildman–Crippen LogP) is 3.69. The number of piperidine rings is 1. The fraction of sp³-hybridized carbons (Fsp3) is 0.579. The van der Waals surface area contributed by atoms with Gasteiger partial charge in [-0.3, -0.25) is 4.79 Å². The summed E-state index contributed by atoms with van der Waals surface area (Å²) in [6.07, 6.45) is 3.80. The van der Waals surface area contributed by atoms with Crippen LogP contribution in [0.4, 0.5) is 6.01 Å². The lowest BCUT2D eigenvalue weighted by Gasteiger charge is -2.33. The number of hydrogen-bond donors (Lipinski definition) is 0. The summed E-state index contributed by atoms with van der Waals surface area (Å²) in [5.74, 6) is 0.472. The molecule has 0 saturated carbocycles.